The molecule has 0 heterocycles. The highest BCUT2D eigenvalue weighted by molar-refractivity contribution is 7.92. The molecule has 0 aromatic rings. The number of esters is 1. The average molecular weight is 262 g/mol. The van der Waals surface area contributed by atoms with Crippen LogP contribution in [0, 0.1) is 0 Å². The first-order chi connectivity index (χ1) is 7.10. The summed E-state index contributed by atoms with van der Waals surface area (Å²) in [5, 5.41) is -1.56. The number of carbonyl (C=O) groups excluding carboxylic acids is 1. The van der Waals surface area contributed by atoms with Gasteiger partial charge in [-0.25, -0.2) is 8.42 Å². The van der Waals surface area contributed by atoms with E-state index in [0.29, 0.717) is 0 Å². The Morgan fingerprint density at radius 1 is 1.38 bits per heavy atom. The third-order valence-corrected chi connectivity index (χ3v) is 3.87. The predicted molar refractivity (Wildman–Crippen MR) is 50.6 cm³/mol. The molecule has 0 aromatic heterocycles. The van der Waals surface area contributed by atoms with Crippen LogP contribution in [0.2, 0.25) is 0 Å². The van der Waals surface area contributed by atoms with Gasteiger partial charge in [-0.15, -0.1) is 0 Å². The van der Waals surface area contributed by atoms with Crippen LogP contribution < -0.4 is 0 Å². The highest BCUT2D eigenvalue weighted by Gasteiger charge is 2.35. The lowest BCUT2D eigenvalue weighted by Gasteiger charge is -2.12. The van der Waals surface area contributed by atoms with Crippen molar-refractivity contribution in [3.8, 4) is 0 Å². The summed E-state index contributed by atoms with van der Waals surface area (Å²) >= 11 is 0. The van der Waals surface area contributed by atoms with Crippen molar-refractivity contribution in [1.29, 1.82) is 0 Å². The molecule has 1 unspecified atom stereocenters. The number of rotatable bonds is 5. The fourth-order valence-corrected chi connectivity index (χ4v) is 2.07. The number of ether oxygens (including phenoxy) is 1. The zero-order valence-corrected chi connectivity index (χ0v) is 9.69. The first-order valence-electron chi connectivity index (χ1n) is 4.55. The van der Waals surface area contributed by atoms with Crippen molar-refractivity contribution < 1.29 is 31.1 Å². The Morgan fingerprint density at radius 3 is 2.25 bits per heavy atom. The number of sulfone groups is 1. The van der Waals surface area contributed by atoms with Crippen molar-refractivity contribution in [3.63, 3.8) is 0 Å². The zero-order chi connectivity index (χ0) is 13.0. The van der Waals surface area contributed by atoms with Crippen molar-refractivity contribution in [2.24, 2.45) is 0 Å². The van der Waals surface area contributed by atoms with Crippen LogP contribution in [0.4, 0.5) is 13.2 Å². The average Bonchev–Trinajstić information content (AvgIpc) is 2.13. The maximum atomic E-state index is 11.8. The summed E-state index contributed by atoms with van der Waals surface area (Å²) in [4.78, 5) is 11.0. The predicted octanol–water partition coefficient (Wildman–Crippen LogP) is 1.31. The number of alkyl halides is 3. The maximum Gasteiger partial charge on any atom is 0.390 e. The minimum Gasteiger partial charge on any atom is -0.465 e. The molecule has 0 N–H and O–H groups in total. The molecule has 0 bridgehead atoms. The van der Waals surface area contributed by atoms with Gasteiger partial charge in [-0.3, -0.25) is 4.79 Å². The Hall–Kier alpha value is -0.790. The van der Waals surface area contributed by atoms with E-state index >= 15 is 0 Å². The summed E-state index contributed by atoms with van der Waals surface area (Å²) < 4.78 is 62.5. The smallest absolute Gasteiger partial charge is 0.390 e. The summed E-state index contributed by atoms with van der Waals surface area (Å²) in [5.41, 5.74) is 0. The summed E-state index contributed by atoms with van der Waals surface area (Å²) in [6, 6.07) is 0. The lowest BCUT2D eigenvalue weighted by Crippen LogP contribution is -2.32. The van der Waals surface area contributed by atoms with E-state index in [1.54, 1.807) is 0 Å². The molecule has 16 heavy (non-hydrogen) atoms. The molecule has 0 spiro atoms. The van der Waals surface area contributed by atoms with Gasteiger partial charge in [0.2, 0.25) is 0 Å². The van der Waals surface area contributed by atoms with Gasteiger partial charge in [0.1, 0.15) is 0 Å². The van der Waals surface area contributed by atoms with Crippen molar-refractivity contribution in [2.75, 3.05) is 12.4 Å². The second-order valence-corrected chi connectivity index (χ2v) is 5.57. The summed E-state index contributed by atoms with van der Waals surface area (Å²) in [6.07, 6.45) is -6.01. The third-order valence-electron chi connectivity index (χ3n) is 1.83. The Bertz CT molecular complexity index is 334. The quantitative estimate of drug-likeness (QED) is 0.701. The molecule has 8 heteroatoms. The molecular formula is C8H13F3O4S. The second kappa shape index (κ2) is 5.51. The number of halogens is 3. The highest BCUT2D eigenvalue weighted by atomic mass is 32.2. The fraction of sp³-hybridized carbons (Fsp3) is 0.875. The first-order valence-corrected chi connectivity index (χ1v) is 6.26. The largest absolute Gasteiger partial charge is 0.465 e. The van der Waals surface area contributed by atoms with Gasteiger partial charge in [0, 0.05) is 0 Å². The summed E-state index contributed by atoms with van der Waals surface area (Å²) in [5.74, 6) is -2.12. The molecule has 0 rings (SSSR count). The molecule has 0 aliphatic carbocycles. The number of hydrogen-bond donors (Lipinski definition) is 0. The monoisotopic (exact) mass is 262 g/mol. The van der Waals surface area contributed by atoms with E-state index in [1.807, 2.05) is 0 Å². The van der Waals surface area contributed by atoms with E-state index in [1.165, 1.54) is 6.92 Å². The molecular weight excluding hydrogens is 249 g/mol. The minimum atomic E-state index is -4.55. The van der Waals surface area contributed by atoms with Crippen LogP contribution in [0.25, 0.3) is 0 Å². The van der Waals surface area contributed by atoms with Crippen LogP contribution in [-0.2, 0) is 19.4 Å². The molecule has 0 radical (unpaired) electrons. The van der Waals surface area contributed by atoms with E-state index in [-0.39, 0.29) is 6.61 Å². The molecule has 0 aromatic carbocycles. The van der Waals surface area contributed by atoms with Gasteiger partial charge < -0.3 is 4.74 Å². The van der Waals surface area contributed by atoms with E-state index in [2.05, 4.69) is 4.74 Å². The number of carbonyl (C=O) groups is 1. The van der Waals surface area contributed by atoms with Gasteiger partial charge in [0.25, 0.3) is 0 Å². The molecule has 1 atom stereocenters. The molecule has 0 aliphatic heterocycles. The van der Waals surface area contributed by atoms with Crippen LogP contribution in [-0.4, -0.2) is 38.2 Å². The lowest BCUT2D eigenvalue weighted by atomic mass is 10.5. The van der Waals surface area contributed by atoms with Crippen molar-refractivity contribution >= 4 is 15.8 Å². The van der Waals surface area contributed by atoms with E-state index in [4.69, 9.17) is 0 Å². The zero-order valence-electron chi connectivity index (χ0n) is 8.87. The second-order valence-electron chi connectivity index (χ2n) is 3.13. The fourth-order valence-electron chi connectivity index (χ4n) is 0.841. The Kier molecular flexibility index (Phi) is 5.24. The molecule has 96 valence electrons. The SMILES string of the molecule is CCOC(=O)C(C)S(=O)(=O)CCC(F)(F)F. The Labute approximate surface area is 91.7 Å². The van der Waals surface area contributed by atoms with E-state index in [9.17, 15) is 26.4 Å². The summed E-state index contributed by atoms with van der Waals surface area (Å²) in [7, 11) is -4.11. The minimum absolute atomic E-state index is 0.0159. The van der Waals surface area contributed by atoms with Crippen molar-refractivity contribution in [1.82, 2.24) is 0 Å². The lowest BCUT2D eigenvalue weighted by molar-refractivity contribution is -0.142. The van der Waals surface area contributed by atoms with Gasteiger partial charge in [0.05, 0.1) is 18.8 Å². The van der Waals surface area contributed by atoms with E-state index < -0.39 is 39.4 Å². The van der Waals surface area contributed by atoms with Gasteiger partial charge in [-0.05, 0) is 13.8 Å². The normalized spacial score (nSPS) is 14.6. The van der Waals surface area contributed by atoms with Crippen molar-refractivity contribution in [2.45, 2.75) is 31.7 Å². The molecule has 0 amide bonds. The topological polar surface area (TPSA) is 60.4 Å². The Balaban J connectivity index is 4.50. The van der Waals surface area contributed by atoms with E-state index in [0.717, 1.165) is 6.92 Å². The van der Waals surface area contributed by atoms with Crippen LogP contribution in [0.3, 0.4) is 0 Å². The van der Waals surface area contributed by atoms with Crippen LogP contribution in [0.1, 0.15) is 20.3 Å². The van der Waals surface area contributed by atoms with Gasteiger partial charge in [0.15, 0.2) is 15.1 Å². The van der Waals surface area contributed by atoms with Crippen LogP contribution >= 0.6 is 0 Å². The molecule has 0 saturated carbocycles. The van der Waals surface area contributed by atoms with Gasteiger partial charge >= 0.3 is 12.1 Å². The molecule has 0 saturated heterocycles. The molecule has 4 nitrogen and oxygen atoms in total. The third kappa shape index (κ3) is 5.34. The van der Waals surface area contributed by atoms with Crippen LogP contribution in [0.15, 0.2) is 0 Å². The number of hydrogen-bond acceptors (Lipinski definition) is 4. The standard InChI is InChI=1S/C8H13F3O4S/c1-3-15-7(12)6(2)16(13,14)5-4-8(9,10)11/h6H,3-5H2,1-2H3. The van der Waals surface area contributed by atoms with Gasteiger partial charge in [-0.2, -0.15) is 13.2 Å². The molecule has 0 aliphatic rings. The van der Waals surface area contributed by atoms with Gasteiger partial charge in [-0.1, -0.05) is 0 Å². The summed E-state index contributed by atoms with van der Waals surface area (Å²) in [6.45, 7) is 2.48. The first kappa shape index (κ1) is 15.2. The highest BCUT2D eigenvalue weighted by Crippen LogP contribution is 2.21. The van der Waals surface area contributed by atoms with Crippen LogP contribution in [0.5, 0.6) is 0 Å². The maximum absolute atomic E-state index is 11.8. The molecule has 0 fully saturated rings. The Morgan fingerprint density at radius 2 is 1.88 bits per heavy atom. The van der Waals surface area contributed by atoms with Crippen molar-refractivity contribution in [3.05, 3.63) is 0 Å².